The average Bonchev–Trinajstić information content (AvgIpc) is 2.57. The number of fused-ring (bicyclic) bond motifs is 1. The zero-order valence-electron chi connectivity index (χ0n) is 9.02. The van der Waals surface area contributed by atoms with Crippen molar-refractivity contribution in [3.63, 3.8) is 0 Å². The van der Waals surface area contributed by atoms with Crippen molar-refractivity contribution in [2.45, 2.75) is 12.5 Å². The van der Waals surface area contributed by atoms with Gasteiger partial charge in [0.15, 0.2) is 0 Å². The fraction of sp³-hybridized carbons (Fsp3) is 0.364. The number of benzene rings is 1. The van der Waals surface area contributed by atoms with Gasteiger partial charge in [-0.25, -0.2) is 4.98 Å². The van der Waals surface area contributed by atoms with Gasteiger partial charge >= 0.3 is 0 Å². The summed E-state index contributed by atoms with van der Waals surface area (Å²) in [5.74, 6) is 0.770. The van der Waals surface area contributed by atoms with E-state index in [-0.39, 0.29) is 12.6 Å². The van der Waals surface area contributed by atoms with Crippen molar-refractivity contribution < 1.29 is 5.11 Å². The Morgan fingerprint density at radius 3 is 3.00 bits per heavy atom. The van der Waals surface area contributed by atoms with Crippen LogP contribution in [0.2, 0.25) is 5.02 Å². The molecule has 2 rings (SSSR count). The number of aliphatic hydroxyl groups is 1. The summed E-state index contributed by atoms with van der Waals surface area (Å²) in [6, 6.07) is 5.28. The van der Waals surface area contributed by atoms with Crippen LogP contribution in [0.25, 0.3) is 11.0 Å². The van der Waals surface area contributed by atoms with E-state index in [1.807, 2.05) is 23.7 Å². The number of aliphatic hydroxyl groups excluding tert-OH is 1. The predicted octanol–water partition coefficient (Wildman–Crippen LogP) is 1.61. The number of halogens is 1. The molecule has 1 heterocycles. The molecule has 0 aliphatic rings. The van der Waals surface area contributed by atoms with Crippen LogP contribution < -0.4 is 5.73 Å². The van der Waals surface area contributed by atoms with E-state index >= 15 is 0 Å². The van der Waals surface area contributed by atoms with Gasteiger partial charge in [0, 0.05) is 18.7 Å². The Morgan fingerprint density at radius 2 is 2.31 bits per heavy atom. The molecule has 0 amide bonds. The molecule has 0 bridgehead atoms. The number of nitrogens with two attached hydrogens (primary N) is 1. The van der Waals surface area contributed by atoms with Gasteiger partial charge in [-0.3, -0.25) is 0 Å². The van der Waals surface area contributed by atoms with E-state index in [4.69, 9.17) is 22.4 Å². The zero-order chi connectivity index (χ0) is 11.7. The first-order chi connectivity index (χ1) is 7.63. The van der Waals surface area contributed by atoms with E-state index in [0.717, 1.165) is 16.9 Å². The third kappa shape index (κ3) is 1.91. The second kappa shape index (κ2) is 4.41. The molecule has 16 heavy (non-hydrogen) atoms. The third-order valence-electron chi connectivity index (χ3n) is 2.65. The van der Waals surface area contributed by atoms with Gasteiger partial charge in [0.05, 0.1) is 17.1 Å². The topological polar surface area (TPSA) is 64.1 Å². The molecular formula is C11H14ClN3O. The Balaban J connectivity index is 2.51. The molecule has 0 radical (unpaired) electrons. The number of nitrogens with zero attached hydrogens (tertiary/aromatic N) is 2. The third-order valence-corrected chi connectivity index (χ3v) is 2.88. The first kappa shape index (κ1) is 11.4. The quantitative estimate of drug-likeness (QED) is 0.855. The van der Waals surface area contributed by atoms with Crippen molar-refractivity contribution in [3.05, 3.63) is 29.0 Å². The standard InChI is InChI=1S/C11H14ClN3O/c1-15-10-6-7(12)2-3-9(10)14-11(15)8(13)4-5-16/h2-3,6,8,16H,4-5,13H2,1H3. The molecular weight excluding hydrogens is 226 g/mol. The Morgan fingerprint density at radius 1 is 1.56 bits per heavy atom. The van der Waals surface area contributed by atoms with E-state index in [9.17, 15) is 0 Å². The first-order valence-corrected chi connectivity index (χ1v) is 5.49. The lowest BCUT2D eigenvalue weighted by Gasteiger charge is -2.09. The largest absolute Gasteiger partial charge is 0.396 e. The van der Waals surface area contributed by atoms with E-state index in [2.05, 4.69) is 4.98 Å². The molecule has 1 aromatic carbocycles. The second-order valence-electron chi connectivity index (χ2n) is 3.78. The summed E-state index contributed by atoms with van der Waals surface area (Å²) in [5, 5.41) is 9.55. The number of hydrogen-bond acceptors (Lipinski definition) is 3. The summed E-state index contributed by atoms with van der Waals surface area (Å²) in [5.41, 5.74) is 7.76. The van der Waals surface area contributed by atoms with E-state index in [1.54, 1.807) is 6.07 Å². The van der Waals surface area contributed by atoms with Gasteiger partial charge in [-0.2, -0.15) is 0 Å². The molecule has 0 saturated carbocycles. The van der Waals surface area contributed by atoms with Crippen molar-refractivity contribution in [2.24, 2.45) is 12.8 Å². The summed E-state index contributed by atoms with van der Waals surface area (Å²) < 4.78 is 1.92. The SMILES string of the molecule is Cn1c(C(N)CCO)nc2ccc(Cl)cc21. The van der Waals surface area contributed by atoms with Crippen LogP contribution in [0.15, 0.2) is 18.2 Å². The van der Waals surface area contributed by atoms with Gasteiger partial charge in [-0.1, -0.05) is 11.6 Å². The number of aromatic nitrogens is 2. The highest BCUT2D eigenvalue weighted by Crippen LogP contribution is 2.22. The van der Waals surface area contributed by atoms with Crippen LogP contribution in [-0.4, -0.2) is 21.3 Å². The van der Waals surface area contributed by atoms with Crippen molar-refractivity contribution in [1.82, 2.24) is 9.55 Å². The Labute approximate surface area is 98.6 Å². The monoisotopic (exact) mass is 239 g/mol. The molecule has 86 valence electrons. The molecule has 0 aliphatic heterocycles. The van der Waals surface area contributed by atoms with E-state index in [0.29, 0.717) is 11.4 Å². The minimum atomic E-state index is -0.249. The molecule has 1 atom stereocenters. The van der Waals surface area contributed by atoms with Gasteiger partial charge in [-0.05, 0) is 24.6 Å². The van der Waals surface area contributed by atoms with Crippen molar-refractivity contribution in [2.75, 3.05) is 6.61 Å². The van der Waals surface area contributed by atoms with Crippen molar-refractivity contribution in [3.8, 4) is 0 Å². The lowest BCUT2D eigenvalue weighted by molar-refractivity contribution is 0.274. The highest BCUT2D eigenvalue weighted by Gasteiger charge is 2.14. The molecule has 0 saturated heterocycles. The highest BCUT2D eigenvalue weighted by atomic mass is 35.5. The van der Waals surface area contributed by atoms with Gasteiger partial charge in [0.25, 0.3) is 0 Å². The normalized spacial score (nSPS) is 13.2. The Kier molecular flexibility index (Phi) is 3.14. The van der Waals surface area contributed by atoms with Crippen LogP contribution in [0, 0.1) is 0 Å². The van der Waals surface area contributed by atoms with Crippen LogP contribution >= 0.6 is 11.6 Å². The number of imidazole rings is 1. The maximum Gasteiger partial charge on any atom is 0.126 e. The Bertz CT molecular complexity index is 509. The molecule has 1 unspecified atom stereocenters. The summed E-state index contributed by atoms with van der Waals surface area (Å²) in [6.45, 7) is 0.0606. The minimum Gasteiger partial charge on any atom is -0.396 e. The van der Waals surface area contributed by atoms with Crippen LogP contribution in [-0.2, 0) is 7.05 Å². The van der Waals surface area contributed by atoms with E-state index < -0.39 is 0 Å². The maximum atomic E-state index is 8.87. The smallest absolute Gasteiger partial charge is 0.126 e. The van der Waals surface area contributed by atoms with Crippen LogP contribution in [0.4, 0.5) is 0 Å². The number of hydrogen-bond donors (Lipinski definition) is 2. The van der Waals surface area contributed by atoms with Gasteiger partial charge in [-0.15, -0.1) is 0 Å². The molecule has 5 heteroatoms. The van der Waals surface area contributed by atoms with Crippen LogP contribution in [0.1, 0.15) is 18.3 Å². The molecule has 0 spiro atoms. The zero-order valence-corrected chi connectivity index (χ0v) is 9.78. The first-order valence-electron chi connectivity index (χ1n) is 5.12. The maximum absolute atomic E-state index is 8.87. The average molecular weight is 240 g/mol. The van der Waals surface area contributed by atoms with Crippen molar-refractivity contribution in [1.29, 1.82) is 0 Å². The molecule has 1 aromatic heterocycles. The molecule has 3 N–H and O–H groups in total. The Hall–Kier alpha value is -1.10. The summed E-state index contributed by atoms with van der Waals surface area (Å²) in [6.07, 6.45) is 0.505. The molecule has 4 nitrogen and oxygen atoms in total. The van der Waals surface area contributed by atoms with Crippen LogP contribution in [0.3, 0.4) is 0 Å². The van der Waals surface area contributed by atoms with Crippen LogP contribution in [0.5, 0.6) is 0 Å². The highest BCUT2D eigenvalue weighted by molar-refractivity contribution is 6.31. The van der Waals surface area contributed by atoms with Gasteiger partial charge < -0.3 is 15.4 Å². The number of rotatable bonds is 3. The molecule has 0 fully saturated rings. The number of aryl methyl sites for hydroxylation is 1. The minimum absolute atomic E-state index is 0.0606. The summed E-state index contributed by atoms with van der Waals surface area (Å²) in [4.78, 5) is 4.44. The van der Waals surface area contributed by atoms with Gasteiger partial charge in [0.2, 0.25) is 0 Å². The second-order valence-corrected chi connectivity index (χ2v) is 4.22. The van der Waals surface area contributed by atoms with Crippen molar-refractivity contribution >= 4 is 22.6 Å². The fourth-order valence-electron chi connectivity index (χ4n) is 1.78. The fourth-order valence-corrected chi connectivity index (χ4v) is 1.95. The predicted molar refractivity (Wildman–Crippen MR) is 64.4 cm³/mol. The lowest BCUT2D eigenvalue weighted by Crippen LogP contribution is -2.16. The molecule has 2 aromatic rings. The molecule has 0 aliphatic carbocycles. The lowest BCUT2D eigenvalue weighted by atomic mass is 10.2. The van der Waals surface area contributed by atoms with E-state index in [1.165, 1.54) is 0 Å². The summed E-state index contributed by atoms with van der Waals surface area (Å²) >= 11 is 5.93. The summed E-state index contributed by atoms with van der Waals surface area (Å²) in [7, 11) is 1.90. The van der Waals surface area contributed by atoms with Gasteiger partial charge in [0.1, 0.15) is 5.82 Å².